The van der Waals surface area contributed by atoms with Crippen LogP contribution in [0.5, 0.6) is 0 Å². The number of carbonyl (C=O) groups excluding carboxylic acids is 2. The Labute approximate surface area is 161 Å². The average molecular weight is 382 g/mol. The molecule has 0 aliphatic carbocycles. The van der Waals surface area contributed by atoms with Crippen LogP contribution in [0.4, 0.5) is 4.79 Å². The van der Waals surface area contributed by atoms with Crippen LogP contribution in [0.2, 0.25) is 0 Å². The van der Waals surface area contributed by atoms with E-state index in [9.17, 15) is 9.59 Å². The molecule has 5 nitrogen and oxygen atoms in total. The van der Waals surface area contributed by atoms with E-state index in [4.69, 9.17) is 9.47 Å². The molecule has 0 aromatic heterocycles. The van der Waals surface area contributed by atoms with Crippen LogP contribution in [0.25, 0.3) is 0 Å². The van der Waals surface area contributed by atoms with Crippen molar-refractivity contribution in [2.24, 2.45) is 0 Å². The Bertz CT molecular complexity index is 624. The van der Waals surface area contributed by atoms with E-state index in [0.717, 1.165) is 16.0 Å². The second-order valence-electron chi connectivity index (χ2n) is 8.37. The standard InChI is InChI=1S/C20H31NO4S/c1-13-9-14(2)11-15(10-13)26-12-16(17(22)24-19(3,4)5)21-18(23)25-20(6,7)8/h9-11,16H,12H2,1-8H3,(H,21,23)/t16-/m1/s1. The van der Waals surface area contributed by atoms with Crippen molar-refractivity contribution >= 4 is 23.8 Å². The molecule has 1 aromatic carbocycles. The molecule has 0 unspecified atom stereocenters. The SMILES string of the molecule is Cc1cc(C)cc(SC[C@@H](NC(=O)OC(C)(C)C)C(=O)OC(C)(C)C)c1. The smallest absolute Gasteiger partial charge is 0.408 e. The van der Waals surface area contributed by atoms with Gasteiger partial charge in [-0.15, -0.1) is 11.8 Å². The summed E-state index contributed by atoms with van der Waals surface area (Å²) in [4.78, 5) is 25.7. The Morgan fingerprint density at radius 2 is 1.46 bits per heavy atom. The molecule has 0 radical (unpaired) electrons. The lowest BCUT2D eigenvalue weighted by molar-refractivity contribution is -0.156. The number of amides is 1. The minimum Gasteiger partial charge on any atom is -0.458 e. The molecular formula is C20H31NO4S. The number of thioether (sulfide) groups is 1. The first kappa shape index (κ1) is 22.4. The van der Waals surface area contributed by atoms with Gasteiger partial charge in [0.15, 0.2) is 0 Å². The lowest BCUT2D eigenvalue weighted by atomic mass is 10.2. The number of esters is 1. The third-order valence-electron chi connectivity index (χ3n) is 2.99. The van der Waals surface area contributed by atoms with Gasteiger partial charge in [-0.2, -0.15) is 0 Å². The van der Waals surface area contributed by atoms with E-state index in [1.807, 2.05) is 13.8 Å². The summed E-state index contributed by atoms with van der Waals surface area (Å²) in [7, 11) is 0. The molecule has 0 spiro atoms. The van der Waals surface area contributed by atoms with Crippen LogP contribution in [0.3, 0.4) is 0 Å². The molecule has 146 valence electrons. The third-order valence-corrected chi connectivity index (χ3v) is 4.06. The van der Waals surface area contributed by atoms with Crippen molar-refractivity contribution in [3.8, 4) is 0 Å². The summed E-state index contributed by atoms with van der Waals surface area (Å²) in [6.07, 6.45) is -0.630. The molecule has 26 heavy (non-hydrogen) atoms. The number of hydrogen-bond donors (Lipinski definition) is 1. The van der Waals surface area contributed by atoms with E-state index < -0.39 is 29.3 Å². The van der Waals surface area contributed by atoms with Crippen LogP contribution >= 0.6 is 11.8 Å². The number of nitrogens with one attached hydrogen (secondary N) is 1. The van der Waals surface area contributed by atoms with Gasteiger partial charge in [-0.3, -0.25) is 0 Å². The van der Waals surface area contributed by atoms with Gasteiger partial charge in [-0.05, 0) is 78.6 Å². The topological polar surface area (TPSA) is 64.6 Å². The van der Waals surface area contributed by atoms with Crippen LogP contribution in [0.1, 0.15) is 52.7 Å². The second-order valence-corrected chi connectivity index (χ2v) is 9.46. The first-order valence-electron chi connectivity index (χ1n) is 8.69. The van der Waals surface area contributed by atoms with E-state index in [2.05, 4.69) is 23.5 Å². The largest absolute Gasteiger partial charge is 0.458 e. The first-order chi connectivity index (χ1) is 11.7. The van der Waals surface area contributed by atoms with Crippen molar-refractivity contribution in [3.05, 3.63) is 29.3 Å². The second kappa shape index (κ2) is 8.80. The van der Waals surface area contributed by atoms with Crippen molar-refractivity contribution in [2.75, 3.05) is 5.75 Å². The van der Waals surface area contributed by atoms with E-state index in [1.165, 1.54) is 11.8 Å². The minimum atomic E-state index is -0.796. The molecule has 0 heterocycles. The highest BCUT2D eigenvalue weighted by atomic mass is 32.2. The molecule has 0 bridgehead atoms. The van der Waals surface area contributed by atoms with E-state index in [-0.39, 0.29) is 0 Å². The minimum absolute atomic E-state index is 0.358. The summed E-state index contributed by atoms with van der Waals surface area (Å²) < 4.78 is 10.7. The summed E-state index contributed by atoms with van der Waals surface area (Å²) in [5.41, 5.74) is 1.04. The summed E-state index contributed by atoms with van der Waals surface area (Å²) in [6.45, 7) is 14.8. The summed E-state index contributed by atoms with van der Waals surface area (Å²) in [6, 6.07) is 5.40. The summed E-state index contributed by atoms with van der Waals surface area (Å²) >= 11 is 1.50. The quantitative estimate of drug-likeness (QED) is 0.595. The molecule has 0 fully saturated rings. The van der Waals surface area contributed by atoms with Gasteiger partial charge in [-0.25, -0.2) is 9.59 Å². The number of aryl methyl sites for hydroxylation is 2. The number of carbonyl (C=O) groups is 2. The van der Waals surface area contributed by atoms with E-state index in [0.29, 0.717) is 5.75 Å². The van der Waals surface area contributed by atoms with Gasteiger partial charge in [-0.1, -0.05) is 6.07 Å². The number of ether oxygens (including phenoxy) is 2. The van der Waals surface area contributed by atoms with Crippen LogP contribution in [-0.4, -0.2) is 35.1 Å². The van der Waals surface area contributed by atoms with Crippen LogP contribution in [0.15, 0.2) is 23.1 Å². The van der Waals surface area contributed by atoms with Crippen molar-refractivity contribution in [2.45, 2.75) is 77.5 Å². The Kier molecular flexibility index (Phi) is 7.57. The van der Waals surface area contributed by atoms with Crippen molar-refractivity contribution < 1.29 is 19.1 Å². The fourth-order valence-corrected chi connectivity index (χ4v) is 3.30. The molecule has 0 saturated heterocycles. The average Bonchev–Trinajstić information content (AvgIpc) is 2.38. The number of rotatable bonds is 5. The first-order valence-corrected chi connectivity index (χ1v) is 9.67. The fourth-order valence-electron chi connectivity index (χ4n) is 2.19. The molecule has 0 aliphatic heterocycles. The van der Waals surface area contributed by atoms with Gasteiger partial charge in [0.05, 0.1) is 0 Å². The highest BCUT2D eigenvalue weighted by Crippen LogP contribution is 2.23. The van der Waals surface area contributed by atoms with Gasteiger partial charge < -0.3 is 14.8 Å². The monoisotopic (exact) mass is 381 g/mol. The van der Waals surface area contributed by atoms with E-state index in [1.54, 1.807) is 41.5 Å². The van der Waals surface area contributed by atoms with E-state index >= 15 is 0 Å². The van der Waals surface area contributed by atoms with Gasteiger partial charge in [0.1, 0.15) is 17.2 Å². The molecule has 1 amide bonds. The molecule has 1 N–H and O–H groups in total. The Morgan fingerprint density at radius 1 is 0.962 bits per heavy atom. The Balaban J connectivity index is 2.85. The maximum absolute atomic E-state index is 12.5. The molecular weight excluding hydrogens is 350 g/mol. The van der Waals surface area contributed by atoms with Crippen molar-refractivity contribution in [3.63, 3.8) is 0 Å². The lowest BCUT2D eigenvalue weighted by Gasteiger charge is -2.26. The Hall–Kier alpha value is -1.69. The third kappa shape index (κ3) is 9.13. The molecule has 1 aromatic rings. The predicted octanol–water partition coefficient (Wildman–Crippen LogP) is 4.63. The summed E-state index contributed by atoms with van der Waals surface area (Å²) in [5.74, 6) is -0.114. The van der Waals surface area contributed by atoms with Gasteiger partial charge in [0, 0.05) is 10.6 Å². The van der Waals surface area contributed by atoms with Crippen LogP contribution in [-0.2, 0) is 14.3 Å². The maximum atomic E-state index is 12.5. The van der Waals surface area contributed by atoms with Crippen molar-refractivity contribution in [1.29, 1.82) is 0 Å². The van der Waals surface area contributed by atoms with Crippen LogP contribution < -0.4 is 5.32 Å². The molecule has 0 saturated carbocycles. The highest BCUT2D eigenvalue weighted by molar-refractivity contribution is 7.99. The van der Waals surface area contributed by atoms with Gasteiger partial charge >= 0.3 is 12.1 Å². The molecule has 1 atom stereocenters. The zero-order valence-electron chi connectivity index (χ0n) is 17.1. The molecule has 6 heteroatoms. The number of hydrogen-bond acceptors (Lipinski definition) is 5. The highest BCUT2D eigenvalue weighted by Gasteiger charge is 2.28. The molecule has 0 aliphatic rings. The zero-order valence-corrected chi connectivity index (χ0v) is 17.9. The normalized spacial score (nSPS) is 13.1. The zero-order chi connectivity index (χ0) is 20.1. The number of benzene rings is 1. The predicted molar refractivity (Wildman–Crippen MR) is 106 cm³/mol. The van der Waals surface area contributed by atoms with Gasteiger partial charge in [0.25, 0.3) is 0 Å². The van der Waals surface area contributed by atoms with Gasteiger partial charge in [0.2, 0.25) is 0 Å². The van der Waals surface area contributed by atoms with Crippen LogP contribution in [0, 0.1) is 13.8 Å². The number of alkyl carbamates (subject to hydrolysis) is 1. The summed E-state index contributed by atoms with van der Waals surface area (Å²) in [5, 5.41) is 2.64. The Morgan fingerprint density at radius 3 is 1.92 bits per heavy atom. The molecule has 1 rings (SSSR count). The fraction of sp³-hybridized carbons (Fsp3) is 0.600. The lowest BCUT2D eigenvalue weighted by Crippen LogP contribution is -2.47. The maximum Gasteiger partial charge on any atom is 0.408 e. The van der Waals surface area contributed by atoms with Crippen molar-refractivity contribution in [1.82, 2.24) is 5.32 Å².